The van der Waals surface area contributed by atoms with Crippen LogP contribution in [0.3, 0.4) is 0 Å². The second-order valence-corrected chi connectivity index (χ2v) is 5.88. The van der Waals surface area contributed by atoms with Gasteiger partial charge in [-0.15, -0.1) is 0 Å². The molecule has 5 nitrogen and oxygen atoms in total. The first-order chi connectivity index (χ1) is 12.1. The van der Waals surface area contributed by atoms with E-state index in [9.17, 15) is 4.39 Å². The van der Waals surface area contributed by atoms with E-state index in [0.29, 0.717) is 29.0 Å². The average Bonchev–Trinajstić information content (AvgIpc) is 3.07. The van der Waals surface area contributed by atoms with Gasteiger partial charge in [0.15, 0.2) is 6.61 Å². The molecule has 0 radical (unpaired) electrons. The van der Waals surface area contributed by atoms with E-state index in [2.05, 4.69) is 15.5 Å². The Balaban J connectivity index is 1.51. The summed E-state index contributed by atoms with van der Waals surface area (Å²) in [4.78, 5) is 4.26. The van der Waals surface area contributed by atoms with Crippen LogP contribution in [-0.4, -0.2) is 10.1 Å². The zero-order chi connectivity index (χ0) is 17.6. The van der Waals surface area contributed by atoms with Gasteiger partial charge in [-0.25, -0.2) is 4.39 Å². The molecule has 0 aliphatic rings. The Morgan fingerprint density at radius 3 is 2.72 bits per heavy atom. The predicted octanol–water partition coefficient (Wildman–Crippen LogP) is 4.29. The maximum absolute atomic E-state index is 12.8. The second-order valence-electron chi connectivity index (χ2n) is 5.47. The lowest BCUT2D eigenvalue weighted by atomic mass is 10.1. The third-order valence-electron chi connectivity index (χ3n) is 3.62. The van der Waals surface area contributed by atoms with Crippen LogP contribution in [-0.2, 0) is 13.2 Å². The molecule has 0 unspecified atom stereocenters. The molecule has 1 N–H and O–H groups in total. The molecule has 0 spiro atoms. The first-order valence-corrected chi connectivity index (χ1v) is 8.17. The normalized spacial score (nSPS) is 12.1. The Hall–Kier alpha value is -2.44. The molecule has 0 amide bonds. The van der Waals surface area contributed by atoms with Gasteiger partial charge < -0.3 is 14.6 Å². The molecule has 0 saturated carbocycles. The number of aromatic nitrogens is 2. The van der Waals surface area contributed by atoms with Crippen LogP contribution in [0.5, 0.6) is 5.75 Å². The monoisotopic (exact) mass is 361 g/mol. The number of halogens is 2. The Morgan fingerprint density at radius 2 is 1.96 bits per heavy atom. The van der Waals surface area contributed by atoms with Gasteiger partial charge in [0.2, 0.25) is 11.7 Å². The van der Waals surface area contributed by atoms with E-state index in [-0.39, 0.29) is 18.5 Å². The summed E-state index contributed by atoms with van der Waals surface area (Å²) in [5.41, 5.74) is 1.00. The molecular formula is C18H17ClFN3O2. The van der Waals surface area contributed by atoms with Crippen LogP contribution in [0.25, 0.3) is 0 Å². The predicted molar refractivity (Wildman–Crippen MR) is 91.7 cm³/mol. The molecule has 130 valence electrons. The minimum absolute atomic E-state index is 0.0412. The van der Waals surface area contributed by atoms with E-state index in [0.717, 1.165) is 5.56 Å². The quantitative estimate of drug-likeness (QED) is 0.680. The highest BCUT2D eigenvalue weighted by Crippen LogP contribution is 2.22. The van der Waals surface area contributed by atoms with Crippen LogP contribution >= 0.6 is 11.6 Å². The maximum Gasteiger partial charge on any atom is 0.240 e. The van der Waals surface area contributed by atoms with Crippen molar-refractivity contribution in [3.63, 3.8) is 0 Å². The number of nitrogens with zero attached hydrogens (tertiary/aromatic N) is 2. The van der Waals surface area contributed by atoms with Gasteiger partial charge in [-0.05, 0) is 42.8 Å². The largest absolute Gasteiger partial charge is 0.485 e. The fraction of sp³-hybridized carbons (Fsp3) is 0.222. The average molecular weight is 362 g/mol. The summed E-state index contributed by atoms with van der Waals surface area (Å²) >= 11 is 6.18. The number of rotatable bonds is 7. The lowest BCUT2D eigenvalue weighted by Gasteiger charge is -2.13. The van der Waals surface area contributed by atoms with Crippen LogP contribution in [0, 0.1) is 5.82 Å². The molecule has 3 rings (SSSR count). The van der Waals surface area contributed by atoms with Gasteiger partial charge in [0.05, 0.1) is 6.54 Å². The van der Waals surface area contributed by atoms with Gasteiger partial charge in [-0.1, -0.05) is 35.0 Å². The number of benzene rings is 2. The summed E-state index contributed by atoms with van der Waals surface area (Å²) in [5, 5.41) is 7.86. The zero-order valence-electron chi connectivity index (χ0n) is 13.6. The minimum Gasteiger partial charge on any atom is -0.485 e. The van der Waals surface area contributed by atoms with Gasteiger partial charge in [-0.3, -0.25) is 0 Å². The summed E-state index contributed by atoms with van der Waals surface area (Å²) < 4.78 is 23.5. The van der Waals surface area contributed by atoms with E-state index in [1.807, 2.05) is 31.2 Å². The van der Waals surface area contributed by atoms with Crippen molar-refractivity contribution in [2.24, 2.45) is 0 Å². The summed E-state index contributed by atoms with van der Waals surface area (Å²) in [5.74, 6) is 1.11. The van der Waals surface area contributed by atoms with E-state index in [1.165, 1.54) is 12.1 Å². The Morgan fingerprint density at radius 1 is 1.20 bits per heavy atom. The van der Waals surface area contributed by atoms with Gasteiger partial charge in [0.25, 0.3) is 0 Å². The molecule has 3 aromatic rings. The molecule has 1 aromatic heterocycles. The summed E-state index contributed by atoms with van der Waals surface area (Å²) in [6.45, 7) is 2.57. The highest BCUT2D eigenvalue weighted by atomic mass is 35.5. The summed E-state index contributed by atoms with van der Waals surface area (Å²) in [6.07, 6.45) is 0. The molecule has 1 heterocycles. The topological polar surface area (TPSA) is 60.2 Å². The van der Waals surface area contributed by atoms with Gasteiger partial charge in [-0.2, -0.15) is 4.98 Å². The van der Waals surface area contributed by atoms with Gasteiger partial charge in [0, 0.05) is 11.1 Å². The van der Waals surface area contributed by atoms with Crippen molar-refractivity contribution in [2.75, 3.05) is 0 Å². The first kappa shape index (κ1) is 17.4. The lowest BCUT2D eigenvalue weighted by Crippen LogP contribution is -2.18. The van der Waals surface area contributed by atoms with Crippen molar-refractivity contribution < 1.29 is 13.7 Å². The molecule has 2 aromatic carbocycles. The highest BCUT2D eigenvalue weighted by Gasteiger charge is 2.12. The van der Waals surface area contributed by atoms with E-state index in [4.69, 9.17) is 20.9 Å². The minimum atomic E-state index is -0.312. The number of nitrogens with one attached hydrogen (secondary N) is 1. The third kappa shape index (κ3) is 4.78. The molecule has 0 aliphatic heterocycles. The third-order valence-corrected chi connectivity index (χ3v) is 3.97. The summed E-state index contributed by atoms with van der Waals surface area (Å²) in [7, 11) is 0. The number of ether oxygens (including phenoxy) is 1. The molecule has 0 bridgehead atoms. The molecule has 7 heteroatoms. The van der Waals surface area contributed by atoms with Crippen molar-refractivity contribution in [1.82, 2.24) is 15.5 Å². The molecule has 0 aliphatic carbocycles. The van der Waals surface area contributed by atoms with E-state index >= 15 is 0 Å². The Kier molecular flexibility index (Phi) is 5.63. The fourth-order valence-electron chi connectivity index (χ4n) is 2.28. The van der Waals surface area contributed by atoms with Crippen LogP contribution < -0.4 is 10.1 Å². The lowest BCUT2D eigenvalue weighted by molar-refractivity contribution is 0.284. The second kappa shape index (κ2) is 8.09. The molecular weight excluding hydrogens is 345 g/mol. The smallest absolute Gasteiger partial charge is 0.240 e. The van der Waals surface area contributed by atoms with Crippen LogP contribution in [0.1, 0.15) is 30.2 Å². The van der Waals surface area contributed by atoms with Crippen molar-refractivity contribution in [3.8, 4) is 5.75 Å². The van der Waals surface area contributed by atoms with Crippen molar-refractivity contribution in [1.29, 1.82) is 0 Å². The van der Waals surface area contributed by atoms with Crippen molar-refractivity contribution in [2.45, 2.75) is 26.1 Å². The zero-order valence-corrected chi connectivity index (χ0v) is 14.3. The van der Waals surface area contributed by atoms with Crippen molar-refractivity contribution in [3.05, 3.63) is 76.6 Å². The Bertz CT molecular complexity index is 823. The van der Waals surface area contributed by atoms with Crippen molar-refractivity contribution >= 4 is 11.6 Å². The van der Waals surface area contributed by atoms with E-state index < -0.39 is 0 Å². The van der Waals surface area contributed by atoms with E-state index in [1.54, 1.807) is 12.1 Å². The van der Waals surface area contributed by atoms with Gasteiger partial charge >= 0.3 is 0 Å². The molecule has 1 atom stereocenters. The highest BCUT2D eigenvalue weighted by molar-refractivity contribution is 6.31. The van der Waals surface area contributed by atoms with Crippen LogP contribution in [0.2, 0.25) is 5.02 Å². The molecule has 0 saturated heterocycles. The SMILES string of the molecule is C[C@H](NCc1nc(COc2ccc(F)cc2)no1)c1ccccc1Cl. The number of hydrogen-bond donors (Lipinski definition) is 1. The summed E-state index contributed by atoms with van der Waals surface area (Å²) in [6, 6.07) is 13.4. The first-order valence-electron chi connectivity index (χ1n) is 7.79. The number of hydrogen-bond acceptors (Lipinski definition) is 5. The molecule has 0 fully saturated rings. The maximum atomic E-state index is 12.8. The molecule has 25 heavy (non-hydrogen) atoms. The fourth-order valence-corrected chi connectivity index (χ4v) is 2.58. The Labute approximate surface area is 149 Å². The van der Waals surface area contributed by atoms with Crippen LogP contribution in [0.4, 0.5) is 4.39 Å². The van der Waals surface area contributed by atoms with Crippen LogP contribution in [0.15, 0.2) is 53.1 Å². The standard InChI is InChI=1S/C18H17ClFN3O2/c1-12(15-4-2-3-5-16(15)19)21-10-18-22-17(23-25-18)11-24-14-8-6-13(20)7-9-14/h2-9,12,21H,10-11H2,1H3/t12-/m0/s1. The van der Waals surface area contributed by atoms with Gasteiger partial charge in [0.1, 0.15) is 11.6 Å².